The molecule has 0 N–H and O–H groups in total. The van der Waals surface area contributed by atoms with Gasteiger partial charge in [0.05, 0.1) is 12.5 Å². The Morgan fingerprint density at radius 2 is 1.70 bits per heavy atom. The maximum Gasteiger partial charge on any atom is 0.247 e. The second-order valence-electron chi connectivity index (χ2n) is 5.99. The molecule has 3 amide bonds. The lowest BCUT2D eigenvalue weighted by atomic mass is 10.2. The fraction of sp³-hybridized carbons (Fsp3) is 0.786. The van der Waals surface area contributed by atoms with Crippen LogP contribution in [0.2, 0.25) is 0 Å². The summed E-state index contributed by atoms with van der Waals surface area (Å²) in [6, 6.07) is -0.359. The molecular formula is C14H25N3O3. The zero-order chi connectivity index (χ0) is 15.6. The van der Waals surface area contributed by atoms with Gasteiger partial charge in [-0.3, -0.25) is 24.2 Å². The van der Waals surface area contributed by atoms with Crippen LogP contribution in [0.25, 0.3) is 0 Å². The summed E-state index contributed by atoms with van der Waals surface area (Å²) >= 11 is 0. The lowest BCUT2D eigenvalue weighted by Gasteiger charge is -2.32. The molecule has 1 aliphatic heterocycles. The second kappa shape index (κ2) is 6.35. The van der Waals surface area contributed by atoms with Gasteiger partial charge in [-0.1, -0.05) is 0 Å². The summed E-state index contributed by atoms with van der Waals surface area (Å²) in [5, 5.41) is 0. The Hall–Kier alpha value is -1.43. The molecule has 6 nitrogen and oxygen atoms in total. The average molecular weight is 283 g/mol. The highest BCUT2D eigenvalue weighted by Crippen LogP contribution is 2.17. The van der Waals surface area contributed by atoms with E-state index in [1.54, 1.807) is 23.9 Å². The normalized spacial score (nSPS) is 19.6. The van der Waals surface area contributed by atoms with E-state index >= 15 is 0 Å². The second-order valence-corrected chi connectivity index (χ2v) is 5.99. The molecule has 1 rings (SSSR count). The lowest BCUT2D eigenvalue weighted by molar-refractivity contribution is -0.147. The molecule has 6 heteroatoms. The van der Waals surface area contributed by atoms with Gasteiger partial charge in [0.2, 0.25) is 17.7 Å². The van der Waals surface area contributed by atoms with Crippen LogP contribution in [0.5, 0.6) is 0 Å². The average Bonchev–Trinajstić information content (AvgIpc) is 2.56. The zero-order valence-corrected chi connectivity index (χ0v) is 13.2. The number of imide groups is 1. The van der Waals surface area contributed by atoms with Crippen molar-refractivity contribution < 1.29 is 14.4 Å². The molecule has 114 valence electrons. The first kappa shape index (κ1) is 16.6. The number of likely N-dealkylation sites (tertiary alicyclic amines) is 1. The van der Waals surface area contributed by atoms with Gasteiger partial charge in [-0.2, -0.15) is 0 Å². The van der Waals surface area contributed by atoms with Crippen LogP contribution in [0.4, 0.5) is 0 Å². The molecule has 20 heavy (non-hydrogen) atoms. The van der Waals surface area contributed by atoms with Gasteiger partial charge in [-0.25, -0.2) is 0 Å². The van der Waals surface area contributed by atoms with Crippen molar-refractivity contribution in [2.45, 2.75) is 52.2 Å². The minimum Gasteiger partial charge on any atom is -0.336 e. The molecule has 1 fully saturated rings. The fourth-order valence-corrected chi connectivity index (χ4v) is 2.62. The van der Waals surface area contributed by atoms with Crippen molar-refractivity contribution >= 4 is 17.7 Å². The zero-order valence-electron chi connectivity index (χ0n) is 13.2. The maximum absolute atomic E-state index is 12.3. The molecule has 1 saturated heterocycles. The van der Waals surface area contributed by atoms with Gasteiger partial charge in [0.15, 0.2) is 0 Å². The van der Waals surface area contributed by atoms with Gasteiger partial charge in [-0.05, 0) is 41.8 Å². The minimum atomic E-state index is -0.443. The molecule has 0 spiro atoms. The van der Waals surface area contributed by atoms with Crippen molar-refractivity contribution in [2.75, 3.05) is 20.6 Å². The molecule has 1 atom stereocenters. The van der Waals surface area contributed by atoms with Crippen molar-refractivity contribution in [1.29, 1.82) is 0 Å². The van der Waals surface area contributed by atoms with E-state index < -0.39 is 6.04 Å². The van der Waals surface area contributed by atoms with E-state index in [4.69, 9.17) is 0 Å². The van der Waals surface area contributed by atoms with Crippen molar-refractivity contribution in [3.63, 3.8) is 0 Å². The third-order valence-electron chi connectivity index (χ3n) is 3.54. The van der Waals surface area contributed by atoms with Crippen LogP contribution in [0.3, 0.4) is 0 Å². The van der Waals surface area contributed by atoms with Crippen molar-refractivity contribution in [3.8, 4) is 0 Å². The highest BCUT2D eigenvalue weighted by Gasteiger charge is 2.41. The van der Waals surface area contributed by atoms with E-state index in [9.17, 15) is 14.4 Å². The van der Waals surface area contributed by atoms with Crippen molar-refractivity contribution in [3.05, 3.63) is 0 Å². The number of nitrogens with zero attached hydrogens (tertiary/aromatic N) is 3. The maximum atomic E-state index is 12.3. The summed E-state index contributed by atoms with van der Waals surface area (Å²) in [5.41, 5.74) is 0. The van der Waals surface area contributed by atoms with Crippen molar-refractivity contribution in [2.24, 2.45) is 0 Å². The van der Waals surface area contributed by atoms with Crippen molar-refractivity contribution in [1.82, 2.24) is 14.7 Å². The highest BCUT2D eigenvalue weighted by molar-refractivity contribution is 6.07. The summed E-state index contributed by atoms with van der Waals surface area (Å²) in [6.45, 7) is 7.54. The monoisotopic (exact) mass is 283 g/mol. The van der Waals surface area contributed by atoms with Crippen LogP contribution in [0.1, 0.15) is 34.1 Å². The standard InChI is InChI=1S/C14H25N3O3/c1-9(2)17(10(3)4)13(19)8-16-12(18)7-11(14(16)20)15(5)6/h9-11H,7-8H2,1-6H3/t11-/m0/s1. The molecule has 0 saturated carbocycles. The van der Waals surface area contributed by atoms with Gasteiger partial charge >= 0.3 is 0 Å². The van der Waals surface area contributed by atoms with Crippen LogP contribution >= 0.6 is 0 Å². The third-order valence-corrected chi connectivity index (χ3v) is 3.54. The first-order valence-electron chi connectivity index (χ1n) is 6.98. The smallest absolute Gasteiger partial charge is 0.247 e. The quantitative estimate of drug-likeness (QED) is 0.682. The Morgan fingerprint density at radius 3 is 2.05 bits per heavy atom. The number of carbonyl (C=O) groups excluding carboxylic acids is 3. The van der Waals surface area contributed by atoms with Gasteiger partial charge < -0.3 is 4.90 Å². The topological polar surface area (TPSA) is 60.9 Å². The Kier molecular flexibility index (Phi) is 5.28. The minimum absolute atomic E-state index is 0.0416. The molecule has 0 bridgehead atoms. The van der Waals surface area contributed by atoms with E-state index in [-0.39, 0.29) is 42.8 Å². The van der Waals surface area contributed by atoms with E-state index in [0.717, 1.165) is 4.90 Å². The van der Waals surface area contributed by atoms with E-state index in [0.29, 0.717) is 0 Å². The van der Waals surface area contributed by atoms with Gasteiger partial charge in [0.25, 0.3) is 0 Å². The molecule has 0 unspecified atom stereocenters. The molecule has 0 radical (unpaired) electrons. The number of hydrogen-bond donors (Lipinski definition) is 0. The Morgan fingerprint density at radius 1 is 1.20 bits per heavy atom. The molecule has 0 aromatic rings. The molecule has 0 aromatic heterocycles. The predicted octanol–water partition coefficient (Wildman–Crippen LogP) is 0.321. The Balaban J connectivity index is 2.80. The fourth-order valence-electron chi connectivity index (χ4n) is 2.62. The highest BCUT2D eigenvalue weighted by atomic mass is 16.2. The first-order valence-corrected chi connectivity index (χ1v) is 6.98. The summed E-state index contributed by atoms with van der Waals surface area (Å²) in [6.07, 6.45) is 0.155. The number of rotatable bonds is 5. The first-order chi connectivity index (χ1) is 9.16. The molecule has 1 aliphatic rings. The van der Waals surface area contributed by atoms with Crippen LogP contribution < -0.4 is 0 Å². The lowest BCUT2D eigenvalue weighted by Crippen LogP contribution is -2.49. The predicted molar refractivity (Wildman–Crippen MR) is 75.9 cm³/mol. The summed E-state index contributed by atoms with van der Waals surface area (Å²) < 4.78 is 0. The Labute approximate surface area is 120 Å². The van der Waals surface area contributed by atoms with Crippen LogP contribution in [0.15, 0.2) is 0 Å². The summed E-state index contributed by atoms with van der Waals surface area (Å²) in [7, 11) is 3.52. The van der Waals surface area contributed by atoms with E-state index in [2.05, 4.69) is 0 Å². The molecule has 1 heterocycles. The molecule has 0 aromatic carbocycles. The number of hydrogen-bond acceptors (Lipinski definition) is 4. The van der Waals surface area contributed by atoms with Crippen LogP contribution in [-0.2, 0) is 14.4 Å². The van der Waals surface area contributed by atoms with Gasteiger partial charge in [0, 0.05) is 12.1 Å². The van der Waals surface area contributed by atoms with Gasteiger partial charge in [0.1, 0.15) is 6.54 Å². The molecular weight excluding hydrogens is 258 g/mol. The third kappa shape index (κ3) is 3.36. The number of likely N-dealkylation sites (N-methyl/N-ethyl adjacent to an activating group) is 1. The van der Waals surface area contributed by atoms with E-state index in [1.807, 2.05) is 27.7 Å². The summed E-state index contributed by atoms with van der Waals surface area (Å²) in [4.78, 5) is 40.9. The SMILES string of the molecule is CC(C)N(C(=O)CN1C(=O)C[C@H](N(C)C)C1=O)C(C)C. The van der Waals surface area contributed by atoms with Gasteiger partial charge in [-0.15, -0.1) is 0 Å². The Bertz CT molecular complexity index is 396. The number of carbonyl (C=O) groups is 3. The molecule has 0 aliphatic carbocycles. The summed E-state index contributed by atoms with van der Waals surface area (Å²) in [5.74, 6) is -0.730. The van der Waals surface area contributed by atoms with Crippen LogP contribution in [-0.4, -0.2) is 71.2 Å². The largest absolute Gasteiger partial charge is 0.336 e. The van der Waals surface area contributed by atoms with Crippen LogP contribution in [0, 0.1) is 0 Å². The number of amides is 3. The van der Waals surface area contributed by atoms with E-state index in [1.165, 1.54) is 0 Å².